The van der Waals surface area contributed by atoms with Crippen LogP contribution in [0.3, 0.4) is 0 Å². The van der Waals surface area contributed by atoms with Crippen LogP contribution in [0.2, 0.25) is 0 Å². The minimum absolute atomic E-state index is 0.396. The van der Waals surface area contributed by atoms with E-state index >= 15 is 0 Å². The highest BCUT2D eigenvalue weighted by molar-refractivity contribution is 5.16. The monoisotopic (exact) mass is 129 g/mol. The Bertz CT molecular complexity index is 80.7. The Hall–Kier alpha value is -0.0400. The summed E-state index contributed by atoms with van der Waals surface area (Å²) in [7, 11) is 0. The van der Waals surface area contributed by atoms with E-state index in [2.05, 4.69) is 33.0 Å². The Morgan fingerprint density at radius 2 is 0.889 bits per heavy atom. The second-order valence-corrected chi connectivity index (χ2v) is 3.38. The molecule has 1 heteroatoms. The number of hydrogen-bond acceptors (Lipinski definition) is 1. The van der Waals surface area contributed by atoms with Crippen molar-refractivity contribution in [3.8, 4) is 0 Å². The zero-order valence-corrected chi connectivity index (χ0v) is 7.50. The molecule has 0 bridgehead atoms. The van der Waals surface area contributed by atoms with E-state index in [4.69, 9.17) is 0 Å². The smallest absolute Gasteiger partial charge is 0.0307 e. The minimum atomic E-state index is 0.396. The van der Waals surface area contributed by atoms with E-state index in [9.17, 15) is 0 Å². The van der Waals surface area contributed by atoms with Gasteiger partial charge in [0.2, 0.25) is 0 Å². The fourth-order valence-electron chi connectivity index (χ4n) is 0.750. The van der Waals surface area contributed by atoms with Gasteiger partial charge >= 0.3 is 0 Å². The van der Waals surface area contributed by atoms with Crippen LogP contribution in [0.4, 0.5) is 0 Å². The van der Waals surface area contributed by atoms with Gasteiger partial charge in [-0.05, 0) is 27.7 Å². The molecule has 1 rings (SSSR count). The summed E-state index contributed by atoms with van der Waals surface area (Å²) in [4.78, 5) is 0. The van der Waals surface area contributed by atoms with Crippen molar-refractivity contribution in [1.82, 2.24) is 5.32 Å². The molecule has 0 atom stereocenters. The van der Waals surface area contributed by atoms with E-state index in [-0.39, 0.29) is 0 Å². The molecule has 0 saturated carbocycles. The first-order chi connectivity index (χ1) is 3.96. The van der Waals surface area contributed by atoms with Crippen LogP contribution in [-0.4, -0.2) is 11.1 Å². The third-order valence-electron chi connectivity index (χ3n) is 2.12. The summed E-state index contributed by atoms with van der Waals surface area (Å²) in [6.45, 7) is 12.9. The number of hydrogen-bond donors (Lipinski definition) is 1. The summed E-state index contributed by atoms with van der Waals surface area (Å²) in [5.41, 5.74) is 0.792. The highest BCUT2D eigenvalue weighted by Crippen LogP contribution is 2.36. The lowest BCUT2D eigenvalue weighted by Crippen LogP contribution is -2.10. The fraction of sp³-hybridized carbons (Fsp3) is 1.00. The van der Waals surface area contributed by atoms with Crippen LogP contribution < -0.4 is 5.32 Å². The molecule has 0 aromatic carbocycles. The fourth-order valence-corrected chi connectivity index (χ4v) is 0.750. The normalized spacial score (nSPS) is 26.0. The minimum Gasteiger partial charge on any atom is -0.303 e. The van der Waals surface area contributed by atoms with E-state index in [1.807, 2.05) is 13.8 Å². The Kier molecular flexibility index (Phi) is 2.29. The number of rotatable bonds is 0. The SMILES string of the molecule is CC.CC1(C)NC1(C)C. The van der Waals surface area contributed by atoms with Gasteiger partial charge in [0, 0.05) is 11.1 Å². The first-order valence-electron chi connectivity index (χ1n) is 3.75. The van der Waals surface area contributed by atoms with Gasteiger partial charge in [-0.2, -0.15) is 0 Å². The summed E-state index contributed by atoms with van der Waals surface area (Å²) in [5.74, 6) is 0. The van der Waals surface area contributed by atoms with Crippen LogP contribution in [0.15, 0.2) is 0 Å². The molecular formula is C8H19N. The van der Waals surface area contributed by atoms with Gasteiger partial charge in [-0.3, -0.25) is 0 Å². The summed E-state index contributed by atoms with van der Waals surface area (Å²) >= 11 is 0. The van der Waals surface area contributed by atoms with Crippen molar-refractivity contribution >= 4 is 0 Å². The molecule has 0 aromatic rings. The van der Waals surface area contributed by atoms with Gasteiger partial charge in [-0.15, -0.1) is 0 Å². The van der Waals surface area contributed by atoms with Crippen molar-refractivity contribution in [1.29, 1.82) is 0 Å². The first-order valence-corrected chi connectivity index (χ1v) is 3.75. The molecule has 1 nitrogen and oxygen atoms in total. The van der Waals surface area contributed by atoms with Crippen molar-refractivity contribution in [2.75, 3.05) is 0 Å². The number of nitrogens with one attached hydrogen (secondary N) is 1. The molecule has 1 aliphatic rings. The van der Waals surface area contributed by atoms with E-state index in [0.717, 1.165) is 0 Å². The third kappa shape index (κ3) is 1.68. The third-order valence-corrected chi connectivity index (χ3v) is 2.12. The standard InChI is InChI=1S/C6H13N.C2H6/c1-5(2)6(3,4)7-5;1-2/h7H,1-4H3;1-2H3. The Morgan fingerprint density at radius 3 is 0.889 bits per heavy atom. The van der Waals surface area contributed by atoms with Gasteiger partial charge in [0.15, 0.2) is 0 Å². The second kappa shape index (κ2) is 2.30. The van der Waals surface area contributed by atoms with Gasteiger partial charge in [-0.1, -0.05) is 13.8 Å². The lowest BCUT2D eigenvalue weighted by Gasteiger charge is -1.99. The van der Waals surface area contributed by atoms with Crippen molar-refractivity contribution < 1.29 is 0 Å². The van der Waals surface area contributed by atoms with E-state index < -0.39 is 0 Å². The average Bonchev–Trinajstić information content (AvgIpc) is 2.10. The van der Waals surface area contributed by atoms with Crippen LogP contribution in [0.25, 0.3) is 0 Å². The van der Waals surface area contributed by atoms with Crippen molar-refractivity contribution in [3.05, 3.63) is 0 Å². The molecule has 1 fully saturated rings. The van der Waals surface area contributed by atoms with Crippen LogP contribution >= 0.6 is 0 Å². The molecule has 0 spiro atoms. The lowest BCUT2D eigenvalue weighted by atomic mass is 10.0. The predicted molar refractivity (Wildman–Crippen MR) is 42.6 cm³/mol. The maximum Gasteiger partial charge on any atom is 0.0307 e. The van der Waals surface area contributed by atoms with Gasteiger partial charge in [-0.25, -0.2) is 0 Å². The van der Waals surface area contributed by atoms with Crippen LogP contribution in [0.5, 0.6) is 0 Å². The van der Waals surface area contributed by atoms with E-state index in [1.165, 1.54) is 0 Å². The quantitative estimate of drug-likeness (QED) is 0.497. The molecule has 0 aliphatic carbocycles. The topological polar surface area (TPSA) is 21.9 Å². The summed E-state index contributed by atoms with van der Waals surface area (Å²) in [5, 5.41) is 3.35. The molecule has 0 radical (unpaired) electrons. The van der Waals surface area contributed by atoms with Gasteiger partial charge < -0.3 is 5.32 Å². The molecular weight excluding hydrogens is 110 g/mol. The van der Waals surface area contributed by atoms with Crippen LogP contribution in [0, 0.1) is 0 Å². The Labute approximate surface area is 58.8 Å². The first kappa shape index (κ1) is 8.96. The molecule has 9 heavy (non-hydrogen) atoms. The average molecular weight is 129 g/mol. The van der Waals surface area contributed by atoms with E-state index in [1.54, 1.807) is 0 Å². The molecule has 0 amide bonds. The highest BCUT2D eigenvalue weighted by atomic mass is 15.2. The van der Waals surface area contributed by atoms with Crippen LogP contribution in [-0.2, 0) is 0 Å². The second-order valence-electron chi connectivity index (χ2n) is 3.38. The van der Waals surface area contributed by atoms with Gasteiger partial charge in [0.1, 0.15) is 0 Å². The zero-order valence-electron chi connectivity index (χ0n) is 7.50. The Morgan fingerprint density at radius 1 is 0.778 bits per heavy atom. The molecule has 1 saturated heterocycles. The summed E-state index contributed by atoms with van der Waals surface area (Å²) in [6.07, 6.45) is 0. The molecule has 56 valence electrons. The molecule has 0 unspecified atom stereocenters. The van der Waals surface area contributed by atoms with Crippen molar-refractivity contribution in [2.45, 2.75) is 52.6 Å². The highest BCUT2D eigenvalue weighted by Gasteiger charge is 2.52. The Balaban J connectivity index is 0.000000291. The molecule has 0 aromatic heterocycles. The lowest BCUT2D eigenvalue weighted by molar-refractivity contribution is 0.652. The van der Waals surface area contributed by atoms with Crippen molar-refractivity contribution in [3.63, 3.8) is 0 Å². The van der Waals surface area contributed by atoms with Crippen molar-refractivity contribution in [2.24, 2.45) is 0 Å². The van der Waals surface area contributed by atoms with Crippen LogP contribution in [0.1, 0.15) is 41.5 Å². The van der Waals surface area contributed by atoms with Gasteiger partial charge in [0.05, 0.1) is 0 Å². The molecule has 1 heterocycles. The molecule has 1 aliphatic heterocycles. The van der Waals surface area contributed by atoms with Gasteiger partial charge in [0.25, 0.3) is 0 Å². The zero-order chi connectivity index (χ0) is 7.71. The summed E-state index contributed by atoms with van der Waals surface area (Å²) < 4.78 is 0. The van der Waals surface area contributed by atoms with E-state index in [0.29, 0.717) is 11.1 Å². The maximum atomic E-state index is 3.35. The molecule has 1 N–H and O–H groups in total. The largest absolute Gasteiger partial charge is 0.303 e. The maximum absolute atomic E-state index is 3.35. The summed E-state index contributed by atoms with van der Waals surface area (Å²) in [6, 6.07) is 0. The predicted octanol–water partition coefficient (Wildman–Crippen LogP) is 2.17.